The molecule has 2 N–H and O–H groups in total. The number of amides is 1. The number of nitrogens with one attached hydrogen (secondary N) is 1. The van der Waals surface area contributed by atoms with Gasteiger partial charge in [-0.15, -0.1) is 0 Å². The van der Waals surface area contributed by atoms with E-state index in [9.17, 15) is 9.90 Å². The van der Waals surface area contributed by atoms with E-state index >= 15 is 0 Å². The second-order valence-electron chi connectivity index (χ2n) is 6.67. The third kappa shape index (κ3) is 3.89. The third-order valence-electron chi connectivity index (χ3n) is 3.45. The van der Waals surface area contributed by atoms with Gasteiger partial charge in [-0.05, 0) is 57.7 Å². The Kier molecular flexibility index (Phi) is 4.22. The Balaban J connectivity index is 2.14. The molecule has 5 heteroatoms. The minimum Gasteiger partial charge on any atom is -0.438 e. The first kappa shape index (κ1) is 16.1. The molecule has 116 valence electrons. The second-order valence-corrected chi connectivity index (χ2v) is 7.08. The lowest BCUT2D eigenvalue weighted by Gasteiger charge is -2.24. The molecule has 0 aliphatic heterocycles. The Morgan fingerprint density at radius 3 is 2.48 bits per heavy atom. The van der Waals surface area contributed by atoms with Crippen LogP contribution in [0.2, 0.25) is 5.02 Å². The van der Waals surface area contributed by atoms with E-state index in [1.165, 1.54) is 0 Å². The van der Waals surface area contributed by atoms with Gasteiger partial charge in [0.1, 0.15) is 5.60 Å². The summed E-state index contributed by atoms with van der Waals surface area (Å²) in [5.41, 5.74) is 0.647. The van der Waals surface area contributed by atoms with Gasteiger partial charge in [-0.3, -0.25) is 0 Å². The van der Waals surface area contributed by atoms with Gasteiger partial charge >= 0.3 is 6.09 Å². The van der Waals surface area contributed by atoms with Gasteiger partial charge in [0.05, 0.1) is 6.10 Å². The Bertz CT molecular complexity index is 545. The predicted octanol–water partition coefficient (Wildman–Crippen LogP) is 3.91. The SMILES string of the molecule is C[C@H](O)c1ccc(C2(OC(=O)NC(C)(C)C)CC2)cc1Cl. The van der Waals surface area contributed by atoms with Gasteiger partial charge in [-0.1, -0.05) is 23.7 Å². The Hall–Kier alpha value is -1.26. The van der Waals surface area contributed by atoms with Crippen LogP contribution in [-0.4, -0.2) is 16.7 Å². The van der Waals surface area contributed by atoms with Crippen LogP contribution in [0, 0.1) is 0 Å². The first-order chi connectivity index (χ1) is 9.63. The Morgan fingerprint density at radius 1 is 1.43 bits per heavy atom. The van der Waals surface area contributed by atoms with E-state index in [2.05, 4.69) is 5.32 Å². The molecule has 0 spiro atoms. The summed E-state index contributed by atoms with van der Waals surface area (Å²) in [6.07, 6.45) is 0.534. The number of benzene rings is 1. The molecule has 1 fully saturated rings. The van der Waals surface area contributed by atoms with Crippen LogP contribution in [0.15, 0.2) is 18.2 Å². The maximum Gasteiger partial charge on any atom is 0.408 e. The molecule has 1 aliphatic carbocycles. The lowest BCUT2D eigenvalue weighted by Crippen LogP contribution is -2.42. The molecule has 0 bridgehead atoms. The largest absolute Gasteiger partial charge is 0.438 e. The molecular weight excluding hydrogens is 290 g/mol. The maximum absolute atomic E-state index is 11.9. The molecule has 0 aromatic heterocycles. The van der Waals surface area contributed by atoms with Gasteiger partial charge < -0.3 is 15.2 Å². The van der Waals surface area contributed by atoms with Crippen LogP contribution < -0.4 is 5.32 Å². The van der Waals surface area contributed by atoms with Crippen molar-refractivity contribution in [2.75, 3.05) is 0 Å². The fourth-order valence-corrected chi connectivity index (χ4v) is 2.56. The van der Waals surface area contributed by atoms with Gasteiger partial charge in [0, 0.05) is 10.6 Å². The number of hydrogen-bond acceptors (Lipinski definition) is 3. The molecule has 1 saturated carbocycles. The minimum atomic E-state index is -0.619. The zero-order valence-electron chi connectivity index (χ0n) is 12.9. The van der Waals surface area contributed by atoms with Crippen molar-refractivity contribution in [1.82, 2.24) is 5.32 Å². The average molecular weight is 312 g/mol. The molecule has 0 saturated heterocycles. The van der Waals surface area contributed by atoms with Crippen LogP contribution in [0.25, 0.3) is 0 Å². The van der Waals surface area contributed by atoms with Crippen molar-refractivity contribution >= 4 is 17.7 Å². The van der Waals surface area contributed by atoms with Crippen LogP contribution >= 0.6 is 11.6 Å². The molecule has 1 aromatic rings. The van der Waals surface area contributed by atoms with E-state index in [0.29, 0.717) is 10.6 Å². The average Bonchev–Trinajstić information content (AvgIpc) is 3.06. The van der Waals surface area contributed by atoms with Crippen molar-refractivity contribution in [3.63, 3.8) is 0 Å². The highest BCUT2D eigenvalue weighted by atomic mass is 35.5. The highest BCUT2D eigenvalue weighted by Gasteiger charge is 2.49. The number of rotatable bonds is 3. The lowest BCUT2D eigenvalue weighted by molar-refractivity contribution is 0.0754. The Labute approximate surface area is 130 Å². The molecule has 0 radical (unpaired) electrons. The first-order valence-corrected chi connectivity index (χ1v) is 7.50. The zero-order valence-corrected chi connectivity index (χ0v) is 13.6. The van der Waals surface area contributed by atoms with E-state index < -0.39 is 17.8 Å². The Morgan fingerprint density at radius 2 is 2.05 bits per heavy atom. The van der Waals surface area contributed by atoms with Gasteiger partial charge in [-0.25, -0.2) is 4.79 Å². The fourth-order valence-electron chi connectivity index (χ4n) is 2.22. The van der Waals surface area contributed by atoms with Crippen molar-refractivity contribution < 1.29 is 14.6 Å². The summed E-state index contributed by atoms with van der Waals surface area (Å²) in [5.74, 6) is 0. The molecule has 1 amide bonds. The number of aliphatic hydroxyl groups is 1. The number of carbonyl (C=O) groups is 1. The summed E-state index contributed by atoms with van der Waals surface area (Å²) < 4.78 is 5.60. The number of alkyl carbamates (subject to hydrolysis) is 1. The fraction of sp³-hybridized carbons (Fsp3) is 0.562. The summed E-state index contributed by atoms with van der Waals surface area (Å²) in [6, 6.07) is 5.43. The van der Waals surface area contributed by atoms with E-state index in [4.69, 9.17) is 16.3 Å². The number of carbonyl (C=O) groups excluding carboxylic acids is 1. The number of aliphatic hydroxyl groups excluding tert-OH is 1. The molecular formula is C16H22ClNO3. The van der Waals surface area contributed by atoms with Gasteiger partial charge in [0.2, 0.25) is 0 Å². The van der Waals surface area contributed by atoms with Crippen molar-refractivity contribution in [2.24, 2.45) is 0 Å². The lowest BCUT2D eigenvalue weighted by atomic mass is 10.0. The molecule has 1 aromatic carbocycles. The summed E-state index contributed by atoms with van der Waals surface area (Å²) in [5, 5.41) is 12.9. The summed E-state index contributed by atoms with van der Waals surface area (Å²) in [7, 11) is 0. The molecule has 1 atom stereocenters. The van der Waals surface area contributed by atoms with Crippen LogP contribution in [0.3, 0.4) is 0 Å². The molecule has 2 rings (SSSR count). The summed E-state index contributed by atoms with van der Waals surface area (Å²) >= 11 is 6.19. The summed E-state index contributed by atoms with van der Waals surface area (Å²) in [6.45, 7) is 7.38. The van der Waals surface area contributed by atoms with Crippen LogP contribution in [0.1, 0.15) is 57.8 Å². The molecule has 1 aliphatic rings. The van der Waals surface area contributed by atoms with Crippen molar-refractivity contribution in [3.8, 4) is 0 Å². The zero-order chi connectivity index (χ0) is 15.8. The van der Waals surface area contributed by atoms with Gasteiger partial charge in [0.25, 0.3) is 0 Å². The molecule has 0 unspecified atom stereocenters. The minimum absolute atomic E-state index is 0.332. The van der Waals surface area contributed by atoms with E-state index in [-0.39, 0.29) is 5.54 Å². The monoisotopic (exact) mass is 311 g/mol. The highest BCUT2D eigenvalue weighted by molar-refractivity contribution is 6.31. The number of ether oxygens (including phenoxy) is 1. The topological polar surface area (TPSA) is 58.6 Å². The third-order valence-corrected chi connectivity index (χ3v) is 3.77. The molecule has 0 heterocycles. The molecule has 4 nitrogen and oxygen atoms in total. The highest BCUT2D eigenvalue weighted by Crippen LogP contribution is 2.50. The molecule has 21 heavy (non-hydrogen) atoms. The van der Waals surface area contributed by atoms with E-state index in [1.54, 1.807) is 19.1 Å². The second kappa shape index (κ2) is 5.50. The van der Waals surface area contributed by atoms with Gasteiger partial charge in [-0.2, -0.15) is 0 Å². The van der Waals surface area contributed by atoms with Crippen LogP contribution in [-0.2, 0) is 10.3 Å². The van der Waals surface area contributed by atoms with Crippen molar-refractivity contribution in [2.45, 2.75) is 57.8 Å². The smallest absolute Gasteiger partial charge is 0.408 e. The standard InChI is InChI=1S/C16H22ClNO3/c1-10(19)12-6-5-11(9-13(12)17)16(7-8-16)21-14(20)18-15(2,3)4/h5-6,9-10,19H,7-8H2,1-4H3,(H,18,20)/t10-/m0/s1. The first-order valence-electron chi connectivity index (χ1n) is 7.12. The van der Waals surface area contributed by atoms with Crippen LogP contribution in [0.4, 0.5) is 4.79 Å². The summed E-state index contributed by atoms with van der Waals surface area (Å²) in [4.78, 5) is 11.9. The predicted molar refractivity (Wildman–Crippen MR) is 82.4 cm³/mol. The maximum atomic E-state index is 11.9. The van der Waals surface area contributed by atoms with Gasteiger partial charge in [0.15, 0.2) is 0 Å². The number of halogens is 1. The van der Waals surface area contributed by atoms with Crippen molar-refractivity contribution in [3.05, 3.63) is 34.3 Å². The van der Waals surface area contributed by atoms with E-state index in [0.717, 1.165) is 18.4 Å². The van der Waals surface area contributed by atoms with E-state index in [1.807, 2.05) is 26.8 Å². The van der Waals surface area contributed by atoms with Crippen LogP contribution in [0.5, 0.6) is 0 Å². The number of hydrogen-bond donors (Lipinski definition) is 2. The normalized spacial score (nSPS) is 18.0. The van der Waals surface area contributed by atoms with Crippen molar-refractivity contribution in [1.29, 1.82) is 0 Å². The quantitative estimate of drug-likeness (QED) is 0.890.